The summed E-state index contributed by atoms with van der Waals surface area (Å²) in [6, 6.07) is 8.75. The maximum absolute atomic E-state index is 4.22. The Morgan fingerprint density at radius 2 is 1.85 bits per heavy atom. The lowest BCUT2D eigenvalue weighted by molar-refractivity contribution is 0.949. The van der Waals surface area contributed by atoms with E-state index in [1.54, 1.807) is 0 Å². The summed E-state index contributed by atoms with van der Waals surface area (Å²) in [4.78, 5) is 2.45. The molecule has 0 amide bonds. The van der Waals surface area contributed by atoms with Crippen molar-refractivity contribution in [1.29, 1.82) is 0 Å². The Morgan fingerprint density at radius 3 is 2.45 bits per heavy atom. The molecule has 4 nitrogen and oxygen atoms in total. The van der Waals surface area contributed by atoms with Gasteiger partial charge in [-0.05, 0) is 51.0 Å². The first-order valence-corrected chi connectivity index (χ1v) is 7.33. The average Bonchev–Trinajstić information content (AvgIpc) is 3.09. The van der Waals surface area contributed by atoms with Crippen LogP contribution >= 0.6 is 0 Å². The number of rotatable bonds is 4. The molecule has 4 heteroatoms. The Bertz CT molecular complexity index is 545. The predicted molar refractivity (Wildman–Crippen MR) is 83.3 cm³/mol. The summed E-state index contributed by atoms with van der Waals surface area (Å²) in [5, 5.41) is 10.7. The molecule has 1 aliphatic rings. The van der Waals surface area contributed by atoms with E-state index >= 15 is 0 Å². The molecule has 0 atom stereocenters. The number of benzene rings is 1. The summed E-state index contributed by atoms with van der Waals surface area (Å²) in [7, 11) is 0. The van der Waals surface area contributed by atoms with Crippen LogP contribution in [0.5, 0.6) is 0 Å². The van der Waals surface area contributed by atoms with Gasteiger partial charge in [-0.2, -0.15) is 5.10 Å². The highest BCUT2D eigenvalue weighted by Crippen LogP contribution is 2.22. The second kappa shape index (κ2) is 5.57. The molecule has 0 saturated carbocycles. The summed E-state index contributed by atoms with van der Waals surface area (Å²) in [5.74, 6) is 0. The van der Waals surface area contributed by atoms with Crippen molar-refractivity contribution in [2.45, 2.75) is 33.2 Å². The van der Waals surface area contributed by atoms with Crippen LogP contribution in [0.4, 0.5) is 11.4 Å². The zero-order valence-electron chi connectivity index (χ0n) is 12.2. The van der Waals surface area contributed by atoms with E-state index in [4.69, 9.17) is 0 Å². The number of aromatic amines is 1. The Hall–Kier alpha value is -1.97. The van der Waals surface area contributed by atoms with Crippen molar-refractivity contribution in [3.63, 3.8) is 0 Å². The normalized spacial score (nSPS) is 14.8. The van der Waals surface area contributed by atoms with Crippen LogP contribution in [0.1, 0.15) is 29.8 Å². The second-order valence-corrected chi connectivity index (χ2v) is 5.51. The molecule has 106 valence electrons. The maximum atomic E-state index is 4.22. The molecule has 0 unspecified atom stereocenters. The van der Waals surface area contributed by atoms with Gasteiger partial charge < -0.3 is 10.2 Å². The summed E-state index contributed by atoms with van der Waals surface area (Å²) in [5.41, 5.74) is 5.97. The lowest BCUT2D eigenvalue weighted by atomic mass is 10.2. The van der Waals surface area contributed by atoms with Gasteiger partial charge in [0.15, 0.2) is 0 Å². The largest absolute Gasteiger partial charge is 0.381 e. The van der Waals surface area contributed by atoms with Gasteiger partial charge in [-0.25, -0.2) is 0 Å². The fourth-order valence-corrected chi connectivity index (χ4v) is 2.79. The van der Waals surface area contributed by atoms with E-state index in [0.29, 0.717) is 0 Å². The number of aromatic nitrogens is 2. The summed E-state index contributed by atoms with van der Waals surface area (Å²) in [6.45, 7) is 7.31. The number of hydrogen-bond acceptors (Lipinski definition) is 3. The van der Waals surface area contributed by atoms with Crippen LogP contribution in [0.25, 0.3) is 0 Å². The predicted octanol–water partition coefficient (Wildman–Crippen LogP) is 3.24. The van der Waals surface area contributed by atoms with Crippen molar-refractivity contribution in [2.75, 3.05) is 23.3 Å². The molecule has 2 heterocycles. The van der Waals surface area contributed by atoms with Crippen LogP contribution in [0.15, 0.2) is 24.3 Å². The van der Waals surface area contributed by atoms with E-state index in [0.717, 1.165) is 23.6 Å². The third kappa shape index (κ3) is 2.64. The molecule has 2 N–H and O–H groups in total. The van der Waals surface area contributed by atoms with E-state index in [1.165, 1.54) is 37.2 Å². The van der Waals surface area contributed by atoms with Gasteiger partial charge in [0.05, 0.1) is 5.69 Å². The molecular formula is C16H22N4. The molecule has 0 spiro atoms. The lowest BCUT2D eigenvalue weighted by Gasteiger charge is -2.18. The van der Waals surface area contributed by atoms with E-state index in [1.807, 2.05) is 6.92 Å². The Labute approximate surface area is 120 Å². The molecule has 1 aromatic heterocycles. The first-order valence-electron chi connectivity index (χ1n) is 7.33. The number of aryl methyl sites for hydroxylation is 2. The highest BCUT2D eigenvalue weighted by molar-refractivity contribution is 5.55. The highest BCUT2D eigenvalue weighted by Gasteiger charge is 2.11. The Kier molecular flexibility index (Phi) is 3.63. The first kappa shape index (κ1) is 13.0. The maximum Gasteiger partial charge on any atom is 0.0643 e. The van der Waals surface area contributed by atoms with Gasteiger partial charge in [0.1, 0.15) is 0 Å². The summed E-state index contributed by atoms with van der Waals surface area (Å²) in [6.07, 6.45) is 2.64. The molecule has 1 aromatic carbocycles. The van der Waals surface area contributed by atoms with E-state index in [9.17, 15) is 0 Å². The van der Waals surface area contributed by atoms with E-state index in [2.05, 4.69) is 51.6 Å². The fraction of sp³-hybridized carbons (Fsp3) is 0.438. The van der Waals surface area contributed by atoms with Crippen molar-refractivity contribution in [3.8, 4) is 0 Å². The van der Waals surface area contributed by atoms with Gasteiger partial charge in [0.2, 0.25) is 0 Å². The SMILES string of the molecule is Cc1n[nH]c(C)c1CNc1ccc(N2CCCC2)cc1. The standard InChI is InChI=1S/C16H22N4/c1-12-16(13(2)19-18-12)11-17-14-5-7-15(8-6-14)20-9-3-4-10-20/h5-8,17H,3-4,9-11H2,1-2H3,(H,18,19). The minimum atomic E-state index is 0.817. The Balaban J connectivity index is 1.63. The molecule has 3 rings (SSSR count). The number of nitrogens with zero attached hydrogens (tertiary/aromatic N) is 2. The van der Waals surface area contributed by atoms with Gasteiger partial charge in [0, 0.05) is 42.3 Å². The fourth-order valence-electron chi connectivity index (χ4n) is 2.79. The van der Waals surface area contributed by atoms with E-state index in [-0.39, 0.29) is 0 Å². The number of nitrogens with one attached hydrogen (secondary N) is 2. The molecule has 0 bridgehead atoms. The van der Waals surface area contributed by atoms with Crippen molar-refractivity contribution >= 4 is 11.4 Å². The van der Waals surface area contributed by atoms with Crippen LogP contribution in [0.2, 0.25) is 0 Å². The smallest absolute Gasteiger partial charge is 0.0643 e. The molecule has 1 saturated heterocycles. The van der Waals surface area contributed by atoms with Gasteiger partial charge >= 0.3 is 0 Å². The van der Waals surface area contributed by atoms with Crippen LogP contribution in [0, 0.1) is 13.8 Å². The topological polar surface area (TPSA) is 44.0 Å². The minimum Gasteiger partial charge on any atom is -0.381 e. The zero-order valence-corrected chi connectivity index (χ0v) is 12.2. The summed E-state index contributed by atoms with van der Waals surface area (Å²) < 4.78 is 0. The van der Waals surface area contributed by atoms with Gasteiger partial charge in [-0.1, -0.05) is 0 Å². The van der Waals surface area contributed by atoms with E-state index < -0.39 is 0 Å². The molecule has 20 heavy (non-hydrogen) atoms. The third-order valence-corrected chi connectivity index (χ3v) is 4.09. The van der Waals surface area contributed by atoms with Crippen LogP contribution in [0.3, 0.4) is 0 Å². The second-order valence-electron chi connectivity index (χ2n) is 5.51. The molecule has 0 aliphatic carbocycles. The Morgan fingerprint density at radius 1 is 1.15 bits per heavy atom. The zero-order chi connectivity index (χ0) is 13.9. The molecule has 2 aromatic rings. The molecular weight excluding hydrogens is 248 g/mol. The number of hydrogen-bond donors (Lipinski definition) is 2. The van der Waals surface area contributed by atoms with Gasteiger partial charge in [-0.15, -0.1) is 0 Å². The number of anilines is 2. The highest BCUT2D eigenvalue weighted by atomic mass is 15.1. The third-order valence-electron chi connectivity index (χ3n) is 4.09. The lowest BCUT2D eigenvalue weighted by Crippen LogP contribution is -2.17. The molecule has 1 fully saturated rings. The molecule has 0 radical (unpaired) electrons. The van der Waals surface area contributed by atoms with Crippen molar-refractivity contribution < 1.29 is 0 Å². The monoisotopic (exact) mass is 270 g/mol. The number of H-pyrrole nitrogens is 1. The quantitative estimate of drug-likeness (QED) is 0.896. The van der Waals surface area contributed by atoms with Gasteiger partial charge in [-0.3, -0.25) is 5.10 Å². The van der Waals surface area contributed by atoms with Crippen molar-refractivity contribution in [1.82, 2.24) is 10.2 Å². The average molecular weight is 270 g/mol. The van der Waals surface area contributed by atoms with Crippen LogP contribution < -0.4 is 10.2 Å². The van der Waals surface area contributed by atoms with Crippen LogP contribution in [-0.2, 0) is 6.54 Å². The van der Waals surface area contributed by atoms with Crippen molar-refractivity contribution in [3.05, 3.63) is 41.2 Å². The molecule has 1 aliphatic heterocycles. The summed E-state index contributed by atoms with van der Waals surface area (Å²) >= 11 is 0. The van der Waals surface area contributed by atoms with Gasteiger partial charge in [0.25, 0.3) is 0 Å². The minimum absolute atomic E-state index is 0.817. The van der Waals surface area contributed by atoms with Crippen molar-refractivity contribution in [2.24, 2.45) is 0 Å². The first-order chi connectivity index (χ1) is 9.74. The van der Waals surface area contributed by atoms with Crippen LogP contribution in [-0.4, -0.2) is 23.3 Å².